The van der Waals surface area contributed by atoms with Crippen molar-refractivity contribution in [2.75, 3.05) is 26.7 Å². The average molecular weight is 312 g/mol. The van der Waals surface area contributed by atoms with E-state index in [9.17, 15) is 8.42 Å². The third-order valence-electron chi connectivity index (χ3n) is 3.70. The lowest BCUT2D eigenvalue weighted by molar-refractivity contribution is 0.0979. The van der Waals surface area contributed by atoms with E-state index in [2.05, 4.69) is 5.32 Å². The van der Waals surface area contributed by atoms with Crippen LogP contribution in [0.25, 0.3) is 0 Å². The molecule has 0 saturated carbocycles. The molecule has 1 fully saturated rings. The zero-order valence-corrected chi connectivity index (χ0v) is 13.5. The van der Waals surface area contributed by atoms with Crippen molar-refractivity contribution in [3.8, 4) is 0 Å². The van der Waals surface area contributed by atoms with Gasteiger partial charge in [-0.15, -0.1) is 0 Å². The molecule has 1 aromatic carbocycles. The van der Waals surface area contributed by atoms with E-state index in [1.165, 1.54) is 4.31 Å². The number of hydrogen-bond donors (Lipinski definition) is 1. The van der Waals surface area contributed by atoms with Crippen molar-refractivity contribution in [1.29, 1.82) is 0 Å². The third-order valence-corrected chi connectivity index (χ3v) is 5.53. The van der Waals surface area contributed by atoms with E-state index in [0.717, 1.165) is 38.1 Å². The van der Waals surface area contributed by atoms with Gasteiger partial charge in [-0.3, -0.25) is 0 Å². The van der Waals surface area contributed by atoms with E-state index < -0.39 is 10.0 Å². The predicted molar refractivity (Wildman–Crippen MR) is 82.6 cm³/mol. The summed E-state index contributed by atoms with van der Waals surface area (Å²) in [5.74, 6) is 0. The molecule has 1 atom stereocenters. The highest BCUT2D eigenvalue weighted by atomic mass is 32.2. The number of likely N-dealkylation sites (N-methyl/N-ethyl adjacent to an activating group) is 1. The molecule has 1 N–H and O–H groups in total. The van der Waals surface area contributed by atoms with Crippen LogP contribution in [0.5, 0.6) is 0 Å². The van der Waals surface area contributed by atoms with Crippen LogP contribution in [0.1, 0.15) is 25.3 Å². The van der Waals surface area contributed by atoms with Gasteiger partial charge in [0.2, 0.25) is 10.0 Å². The maximum atomic E-state index is 12.5. The predicted octanol–water partition coefficient (Wildman–Crippen LogP) is 1.60. The summed E-state index contributed by atoms with van der Waals surface area (Å²) in [6.45, 7) is 4.84. The SMILES string of the molecule is CCNCc1ccc(S(=O)(=O)N(C)CC2CCCO2)cc1. The van der Waals surface area contributed by atoms with Crippen LogP contribution in [-0.2, 0) is 21.3 Å². The summed E-state index contributed by atoms with van der Waals surface area (Å²) in [6, 6.07) is 7.06. The van der Waals surface area contributed by atoms with Gasteiger partial charge >= 0.3 is 0 Å². The van der Waals surface area contributed by atoms with Crippen LogP contribution in [0.4, 0.5) is 0 Å². The summed E-state index contributed by atoms with van der Waals surface area (Å²) in [5.41, 5.74) is 1.08. The highest BCUT2D eigenvalue weighted by Gasteiger charge is 2.25. The first kappa shape index (κ1) is 16.4. The van der Waals surface area contributed by atoms with Crippen molar-refractivity contribution in [3.63, 3.8) is 0 Å². The monoisotopic (exact) mass is 312 g/mol. The summed E-state index contributed by atoms with van der Waals surface area (Å²) in [5, 5.41) is 3.22. The molecule has 6 heteroatoms. The molecule has 0 aromatic heterocycles. The summed E-state index contributed by atoms with van der Waals surface area (Å²) in [6.07, 6.45) is 1.97. The molecule has 5 nitrogen and oxygen atoms in total. The van der Waals surface area contributed by atoms with Crippen molar-refractivity contribution in [1.82, 2.24) is 9.62 Å². The van der Waals surface area contributed by atoms with Gasteiger partial charge in [0.25, 0.3) is 0 Å². The fraction of sp³-hybridized carbons (Fsp3) is 0.600. The summed E-state index contributed by atoms with van der Waals surface area (Å²) >= 11 is 0. The minimum Gasteiger partial charge on any atom is -0.377 e. The summed E-state index contributed by atoms with van der Waals surface area (Å²) in [7, 11) is -1.82. The number of nitrogens with one attached hydrogen (secondary N) is 1. The molecule has 1 heterocycles. The van der Waals surface area contributed by atoms with E-state index in [0.29, 0.717) is 11.4 Å². The Labute approximate surface area is 127 Å². The maximum absolute atomic E-state index is 12.5. The lowest BCUT2D eigenvalue weighted by Crippen LogP contribution is -2.34. The fourth-order valence-electron chi connectivity index (χ4n) is 2.40. The van der Waals surface area contributed by atoms with E-state index in [1.54, 1.807) is 19.2 Å². The second-order valence-electron chi connectivity index (χ2n) is 5.34. The van der Waals surface area contributed by atoms with Gasteiger partial charge in [-0.25, -0.2) is 8.42 Å². The van der Waals surface area contributed by atoms with E-state index in [-0.39, 0.29) is 6.10 Å². The molecule has 118 valence electrons. The van der Waals surface area contributed by atoms with Crippen molar-refractivity contribution in [2.45, 2.75) is 37.3 Å². The van der Waals surface area contributed by atoms with Gasteiger partial charge in [0.05, 0.1) is 11.0 Å². The molecule has 2 rings (SSSR count). The highest BCUT2D eigenvalue weighted by molar-refractivity contribution is 7.89. The molecule has 1 aromatic rings. The Morgan fingerprint density at radius 1 is 1.33 bits per heavy atom. The lowest BCUT2D eigenvalue weighted by Gasteiger charge is -2.20. The quantitative estimate of drug-likeness (QED) is 0.831. The van der Waals surface area contributed by atoms with Crippen LogP contribution in [0.3, 0.4) is 0 Å². The fourth-order valence-corrected chi connectivity index (χ4v) is 3.60. The molecular weight excluding hydrogens is 288 g/mol. The largest absolute Gasteiger partial charge is 0.377 e. The van der Waals surface area contributed by atoms with Gasteiger partial charge in [0.1, 0.15) is 0 Å². The van der Waals surface area contributed by atoms with E-state index >= 15 is 0 Å². The molecule has 0 spiro atoms. The van der Waals surface area contributed by atoms with Crippen LogP contribution >= 0.6 is 0 Å². The van der Waals surface area contributed by atoms with Gasteiger partial charge in [-0.2, -0.15) is 4.31 Å². The Kier molecular flexibility index (Phi) is 5.75. The first-order valence-corrected chi connectivity index (χ1v) is 8.85. The average Bonchev–Trinajstić information content (AvgIpc) is 2.98. The van der Waals surface area contributed by atoms with Gasteiger partial charge < -0.3 is 10.1 Å². The molecular formula is C15H24N2O3S. The molecule has 0 aliphatic carbocycles. The molecule has 0 amide bonds. The minimum atomic E-state index is -3.43. The number of benzene rings is 1. The zero-order chi connectivity index (χ0) is 15.3. The molecule has 1 aliphatic rings. The van der Waals surface area contributed by atoms with Crippen molar-refractivity contribution < 1.29 is 13.2 Å². The molecule has 1 unspecified atom stereocenters. The first-order chi connectivity index (χ1) is 10.0. The van der Waals surface area contributed by atoms with Crippen LogP contribution in [0, 0.1) is 0 Å². The topological polar surface area (TPSA) is 58.6 Å². The molecule has 1 saturated heterocycles. The first-order valence-electron chi connectivity index (χ1n) is 7.41. The van der Waals surface area contributed by atoms with Gasteiger partial charge in [0, 0.05) is 26.7 Å². The second kappa shape index (κ2) is 7.35. The number of nitrogens with zero attached hydrogens (tertiary/aromatic N) is 1. The molecule has 1 aliphatic heterocycles. The Morgan fingerprint density at radius 3 is 2.62 bits per heavy atom. The Balaban J connectivity index is 2.03. The summed E-state index contributed by atoms with van der Waals surface area (Å²) < 4.78 is 31.9. The van der Waals surface area contributed by atoms with Crippen LogP contribution in [0.2, 0.25) is 0 Å². The highest BCUT2D eigenvalue weighted by Crippen LogP contribution is 2.19. The Hall–Kier alpha value is -0.950. The zero-order valence-electron chi connectivity index (χ0n) is 12.7. The van der Waals surface area contributed by atoms with E-state index in [1.807, 2.05) is 19.1 Å². The Morgan fingerprint density at radius 2 is 2.05 bits per heavy atom. The van der Waals surface area contributed by atoms with Gasteiger partial charge in [0.15, 0.2) is 0 Å². The number of sulfonamides is 1. The van der Waals surface area contributed by atoms with Crippen molar-refractivity contribution in [2.24, 2.45) is 0 Å². The van der Waals surface area contributed by atoms with E-state index in [4.69, 9.17) is 4.74 Å². The van der Waals surface area contributed by atoms with Gasteiger partial charge in [-0.05, 0) is 37.1 Å². The normalized spacial score (nSPS) is 19.3. The molecule has 0 bridgehead atoms. The van der Waals surface area contributed by atoms with Crippen LogP contribution in [-0.4, -0.2) is 45.6 Å². The Bertz CT molecular complexity index is 537. The van der Waals surface area contributed by atoms with Crippen LogP contribution in [0.15, 0.2) is 29.2 Å². The van der Waals surface area contributed by atoms with Crippen molar-refractivity contribution in [3.05, 3.63) is 29.8 Å². The third kappa shape index (κ3) is 4.26. The maximum Gasteiger partial charge on any atom is 0.242 e. The smallest absolute Gasteiger partial charge is 0.242 e. The van der Waals surface area contributed by atoms with Crippen molar-refractivity contribution >= 4 is 10.0 Å². The number of ether oxygens (including phenoxy) is 1. The van der Waals surface area contributed by atoms with Gasteiger partial charge in [-0.1, -0.05) is 19.1 Å². The molecule has 0 radical (unpaired) electrons. The number of hydrogen-bond acceptors (Lipinski definition) is 4. The number of rotatable bonds is 7. The summed E-state index contributed by atoms with van der Waals surface area (Å²) in [4.78, 5) is 0.336. The lowest BCUT2D eigenvalue weighted by atomic mass is 10.2. The molecule has 21 heavy (non-hydrogen) atoms. The van der Waals surface area contributed by atoms with Crippen LogP contribution < -0.4 is 5.32 Å². The minimum absolute atomic E-state index is 0.0257. The standard InChI is InChI=1S/C15H24N2O3S/c1-3-16-11-13-6-8-15(9-7-13)21(18,19)17(2)12-14-5-4-10-20-14/h6-9,14,16H,3-5,10-12H2,1-2H3. The second-order valence-corrected chi connectivity index (χ2v) is 7.39.